The molecule has 0 heterocycles. The largest absolute Gasteiger partial charge is 1.00 e. The van der Waals surface area contributed by atoms with E-state index in [-0.39, 0.29) is 26.6 Å². The van der Waals surface area contributed by atoms with E-state index in [1.54, 1.807) is 0 Å². The van der Waals surface area contributed by atoms with E-state index in [2.05, 4.69) is 0 Å². The van der Waals surface area contributed by atoms with E-state index in [1.807, 2.05) is 0 Å². The summed E-state index contributed by atoms with van der Waals surface area (Å²) in [6.07, 6.45) is 0. The maximum absolute atomic E-state index is 8.52. The van der Waals surface area contributed by atoms with E-state index in [0.29, 0.717) is 0 Å². The Morgan fingerprint density at radius 1 is 1.14 bits per heavy atom. The molecule has 0 atom stereocenters. The van der Waals surface area contributed by atoms with Gasteiger partial charge in [-0.2, -0.15) is 0 Å². The number of quaternary nitrogens is 1. The molecular formula is H4NO4PdS. The van der Waals surface area contributed by atoms with Gasteiger partial charge in [-0.3, -0.25) is 8.42 Å². The maximum atomic E-state index is 8.52. The minimum Gasteiger partial charge on any atom is -0.759 e. The summed E-state index contributed by atoms with van der Waals surface area (Å²) >= 11 is 0. The molecule has 0 aliphatic carbocycles. The third-order valence-corrected chi connectivity index (χ3v) is 0. The summed E-state index contributed by atoms with van der Waals surface area (Å²) in [4.78, 5) is 0. The van der Waals surface area contributed by atoms with Crippen molar-refractivity contribution in [2.24, 2.45) is 0 Å². The third kappa shape index (κ3) is 541. The molecule has 1 radical (unpaired) electrons. The third-order valence-electron chi connectivity index (χ3n) is 0. The SMILES string of the molecule is O=S(=O)([O-])[O-].[NH4+].[Pd+]. The zero-order valence-corrected chi connectivity index (χ0v) is 5.73. The van der Waals surface area contributed by atoms with E-state index in [4.69, 9.17) is 17.5 Å². The van der Waals surface area contributed by atoms with Crippen molar-refractivity contribution in [2.45, 2.75) is 0 Å². The van der Waals surface area contributed by atoms with Crippen LogP contribution in [0.4, 0.5) is 0 Å². The van der Waals surface area contributed by atoms with Gasteiger partial charge in [0.1, 0.15) is 0 Å². The fraction of sp³-hybridized carbons (Fsp3) is 0. The van der Waals surface area contributed by atoms with Gasteiger partial charge in [-0.15, -0.1) is 0 Å². The molecule has 4 N–H and O–H groups in total. The Labute approximate surface area is 54.9 Å². The number of hydrogen-bond acceptors (Lipinski definition) is 4. The van der Waals surface area contributed by atoms with Crippen molar-refractivity contribution in [3.8, 4) is 0 Å². The predicted octanol–water partition coefficient (Wildman–Crippen LogP) is -0.964. The fourth-order valence-electron chi connectivity index (χ4n) is 0. The normalized spacial score (nSPS) is 8.29. The Morgan fingerprint density at radius 3 is 1.14 bits per heavy atom. The molecule has 0 unspecified atom stereocenters. The summed E-state index contributed by atoms with van der Waals surface area (Å²) in [5, 5.41) is 0. The van der Waals surface area contributed by atoms with Gasteiger partial charge < -0.3 is 15.3 Å². The molecule has 0 aromatic carbocycles. The van der Waals surface area contributed by atoms with Gasteiger partial charge in [-0.05, 0) is 0 Å². The summed E-state index contributed by atoms with van der Waals surface area (Å²) in [6.45, 7) is 0. The average Bonchev–Trinajstić information content (AvgIpc) is 0.722. The second kappa shape index (κ2) is 4.65. The molecular weight excluding hydrogens is 216 g/mol. The Hall–Kier alpha value is 0.492. The van der Waals surface area contributed by atoms with Crippen molar-refractivity contribution >= 4 is 10.4 Å². The van der Waals surface area contributed by atoms with E-state index in [1.165, 1.54) is 0 Å². The molecule has 0 bridgehead atoms. The van der Waals surface area contributed by atoms with Crippen LogP contribution in [0.15, 0.2) is 0 Å². The summed E-state index contributed by atoms with van der Waals surface area (Å²) in [5.74, 6) is 0. The first-order chi connectivity index (χ1) is 2.00. The van der Waals surface area contributed by atoms with E-state index < -0.39 is 10.4 Å². The van der Waals surface area contributed by atoms with E-state index in [9.17, 15) is 0 Å². The predicted molar refractivity (Wildman–Crippen MR) is 16.5 cm³/mol. The van der Waals surface area contributed by atoms with Crippen LogP contribution in [0.3, 0.4) is 0 Å². The van der Waals surface area contributed by atoms with Crippen molar-refractivity contribution in [3.05, 3.63) is 0 Å². The molecule has 7 heteroatoms. The Bertz CT molecular complexity index is 94.9. The quantitative estimate of drug-likeness (QED) is 0.321. The molecule has 5 nitrogen and oxygen atoms in total. The molecule has 0 fully saturated rings. The first-order valence-corrected chi connectivity index (χ1v) is 2.00. The minimum absolute atomic E-state index is 0. The maximum Gasteiger partial charge on any atom is 1.00 e. The van der Waals surface area contributed by atoms with Gasteiger partial charge in [0, 0.05) is 10.4 Å². The Kier molecular flexibility index (Phi) is 10.4. The number of rotatable bonds is 0. The van der Waals surface area contributed by atoms with Gasteiger partial charge in [-0.25, -0.2) is 0 Å². The van der Waals surface area contributed by atoms with Crippen LogP contribution in [0.25, 0.3) is 0 Å². The van der Waals surface area contributed by atoms with Crippen molar-refractivity contribution < 1.29 is 37.9 Å². The van der Waals surface area contributed by atoms with Crippen molar-refractivity contribution in [3.63, 3.8) is 0 Å². The second-order valence-electron chi connectivity index (χ2n) is 0.408. The molecule has 0 aliphatic heterocycles. The molecule has 0 aromatic rings. The molecule has 0 saturated carbocycles. The standard InChI is InChI=1S/H3N.H2O4S.Pd/c;1-5(2,3)4;/h1H3;(H2,1,2,3,4);/q;;+1/p-1. The molecule has 0 aromatic heterocycles. The zero-order valence-electron chi connectivity index (χ0n) is 3.36. The fourth-order valence-corrected chi connectivity index (χ4v) is 0. The van der Waals surface area contributed by atoms with Crippen LogP contribution in [-0.2, 0) is 30.8 Å². The van der Waals surface area contributed by atoms with Crippen molar-refractivity contribution in [1.29, 1.82) is 0 Å². The monoisotopic (exact) mass is 220 g/mol. The zero-order chi connectivity index (χ0) is 4.50. The Morgan fingerprint density at radius 2 is 1.14 bits per heavy atom. The summed E-state index contributed by atoms with van der Waals surface area (Å²) in [7, 11) is -5.17. The topological polar surface area (TPSA) is 117 Å². The van der Waals surface area contributed by atoms with Crippen LogP contribution in [0.2, 0.25) is 0 Å². The average molecular weight is 221 g/mol. The van der Waals surface area contributed by atoms with E-state index >= 15 is 0 Å². The van der Waals surface area contributed by atoms with Gasteiger partial charge in [0.2, 0.25) is 0 Å². The smallest absolute Gasteiger partial charge is 0.759 e. The van der Waals surface area contributed by atoms with Crippen LogP contribution in [0, 0.1) is 0 Å². The minimum atomic E-state index is -5.17. The van der Waals surface area contributed by atoms with Gasteiger partial charge in [0.25, 0.3) is 0 Å². The van der Waals surface area contributed by atoms with E-state index in [0.717, 1.165) is 0 Å². The first-order valence-electron chi connectivity index (χ1n) is 0.667. The molecule has 0 rings (SSSR count). The van der Waals surface area contributed by atoms with Crippen LogP contribution in [-0.4, -0.2) is 17.5 Å². The van der Waals surface area contributed by atoms with Gasteiger partial charge >= 0.3 is 20.4 Å². The van der Waals surface area contributed by atoms with Crippen LogP contribution in [0.5, 0.6) is 0 Å². The molecule has 49 valence electrons. The van der Waals surface area contributed by atoms with Crippen LogP contribution >= 0.6 is 0 Å². The van der Waals surface area contributed by atoms with Crippen molar-refractivity contribution in [2.75, 3.05) is 0 Å². The van der Waals surface area contributed by atoms with Crippen molar-refractivity contribution in [1.82, 2.24) is 6.15 Å². The summed E-state index contributed by atoms with van der Waals surface area (Å²) < 4.78 is 34.1. The summed E-state index contributed by atoms with van der Waals surface area (Å²) in [5.41, 5.74) is 0. The van der Waals surface area contributed by atoms with Gasteiger partial charge in [-0.1, -0.05) is 0 Å². The first kappa shape index (κ1) is 15.6. The Balaban J connectivity index is -0.0000000800. The second-order valence-corrected chi connectivity index (χ2v) is 1.22. The van der Waals surface area contributed by atoms with Gasteiger partial charge in [0.05, 0.1) is 0 Å². The molecule has 0 amide bonds. The molecule has 0 spiro atoms. The summed E-state index contributed by atoms with van der Waals surface area (Å²) in [6, 6.07) is 0. The molecule has 0 aliphatic rings. The number of hydrogen-bond donors (Lipinski definition) is 1. The molecule has 0 saturated heterocycles. The van der Waals surface area contributed by atoms with Crippen LogP contribution < -0.4 is 6.15 Å². The van der Waals surface area contributed by atoms with Gasteiger partial charge in [0.15, 0.2) is 0 Å². The van der Waals surface area contributed by atoms with Crippen LogP contribution in [0.1, 0.15) is 0 Å². The molecule has 7 heavy (non-hydrogen) atoms.